The number of ether oxygens (including phenoxy) is 2. The van der Waals surface area contributed by atoms with E-state index in [1.807, 2.05) is 0 Å². The molecule has 0 aromatic rings. The zero-order valence-electron chi connectivity index (χ0n) is 11.3. The molecule has 1 N–H and O–H groups in total. The van der Waals surface area contributed by atoms with E-state index in [2.05, 4.69) is 19.2 Å². The molecule has 0 aromatic heterocycles. The van der Waals surface area contributed by atoms with Gasteiger partial charge in [0.05, 0.1) is 24.9 Å². The Balaban J connectivity index is 1.62. The van der Waals surface area contributed by atoms with Gasteiger partial charge in [0, 0.05) is 13.1 Å². The molecule has 1 heterocycles. The largest absolute Gasteiger partial charge is 0.375 e. The fraction of sp³-hybridized carbons (Fsp3) is 1.00. The standard InChI is InChI=1S/C14H27NO2/c1-3-12-4-6-13(7-5-12)16-10-14-9-15-8-11(2)17-14/h11-15H,3-10H2,1-2H3. The molecule has 0 aromatic carbocycles. The Morgan fingerprint density at radius 3 is 2.59 bits per heavy atom. The predicted molar refractivity (Wildman–Crippen MR) is 69.2 cm³/mol. The van der Waals surface area contributed by atoms with Crippen LogP contribution < -0.4 is 5.32 Å². The van der Waals surface area contributed by atoms with Crippen molar-refractivity contribution in [3.8, 4) is 0 Å². The molecule has 0 bridgehead atoms. The van der Waals surface area contributed by atoms with Gasteiger partial charge in [-0.25, -0.2) is 0 Å². The SMILES string of the molecule is CCC1CCC(OCC2CNCC(C)O2)CC1. The Hall–Kier alpha value is -0.120. The van der Waals surface area contributed by atoms with Crippen molar-refractivity contribution < 1.29 is 9.47 Å². The van der Waals surface area contributed by atoms with Crippen LogP contribution in [0.1, 0.15) is 46.0 Å². The summed E-state index contributed by atoms with van der Waals surface area (Å²) in [6.45, 7) is 7.09. The van der Waals surface area contributed by atoms with Crippen LogP contribution in [0, 0.1) is 5.92 Å². The zero-order chi connectivity index (χ0) is 12.1. The van der Waals surface area contributed by atoms with Gasteiger partial charge in [0.1, 0.15) is 0 Å². The summed E-state index contributed by atoms with van der Waals surface area (Å²) >= 11 is 0. The van der Waals surface area contributed by atoms with Gasteiger partial charge in [0.2, 0.25) is 0 Å². The number of hydrogen-bond acceptors (Lipinski definition) is 3. The molecule has 100 valence electrons. The van der Waals surface area contributed by atoms with E-state index in [1.54, 1.807) is 0 Å². The van der Waals surface area contributed by atoms with Gasteiger partial charge in [-0.05, 0) is 38.5 Å². The molecule has 2 atom stereocenters. The minimum absolute atomic E-state index is 0.252. The van der Waals surface area contributed by atoms with Crippen molar-refractivity contribution in [2.45, 2.75) is 64.3 Å². The summed E-state index contributed by atoms with van der Waals surface area (Å²) in [6.07, 6.45) is 7.58. The summed E-state index contributed by atoms with van der Waals surface area (Å²) in [5.74, 6) is 0.947. The second kappa shape index (κ2) is 6.72. The molecule has 0 spiro atoms. The van der Waals surface area contributed by atoms with Gasteiger partial charge < -0.3 is 14.8 Å². The first-order valence-corrected chi connectivity index (χ1v) is 7.25. The zero-order valence-corrected chi connectivity index (χ0v) is 11.3. The molecule has 0 radical (unpaired) electrons. The van der Waals surface area contributed by atoms with Gasteiger partial charge in [0.25, 0.3) is 0 Å². The van der Waals surface area contributed by atoms with Crippen LogP contribution in [0.5, 0.6) is 0 Å². The predicted octanol–water partition coefficient (Wildman–Crippen LogP) is 2.35. The van der Waals surface area contributed by atoms with E-state index in [0.717, 1.165) is 25.6 Å². The second-order valence-corrected chi connectivity index (χ2v) is 5.61. The maximum Gasteiger partial charge on any atom is 0.0936 e. The molecule has 1 saturated heterocycles. The van der Waals surface area contributed by atoms with Gasteiger partial charge >= 0.3 is 0 Å². The Bertz CT molecular complexity index is 214. The van der Waals surface area contributed by atoms with Gasteiger partial charge in [0.15, 0.2) is 0 Å². The van der Waals surface area contributed by atoms with Crippen LogP contribution in [-0.4, -0.2) is 38.0 Å². The molecular formula is C14H27NO2. The highest BCUT2D eigenvalue weighted by atomic mass is 16.5. The average Bonchev–Trinajstić information content (AvgIpc) is 2.37. The first-order valence-electron chi connectivity index (χ1n) is 7.25. The molecule has 0 amide bonds. The third kappa shape index (κ3) is 4.23. The molecule has 1 saturated carbocycles. The van der Waals surface area contributed by atoms with Gasteiger partial charge in [-0.1, -0.05) is 13.3 Å². The normalized spacial score (nSPS) is 39.2. The topological polar surface area (TPSA) is 30.5 Å². The third-order valence-electron chi connectivity index (χ3n) is 4.12. The smallest absolute Gasteiger partial charge is 0.0936 e. The lowest BCUT2D eigenvalue weighted by atomic mass is 9.86. The van der Waals surface area contributed by atoms with Gasteiger partial charge in [-0.15, -0.1) is 0 Å². The van der Waals surface area contributed by atoms with Crippen molar-refractivity contribution in [2.75, 3.05) is 19.7 Å². The quantitative estimate of drug-likeness (QED) is 0.819. The van der Waals surface area contributed by atoms with Crippen molar-refractivity contribution in [2.24, 2.45) is 5.92 Å². The Morgan fingerprint density at radius 2 is 1.94 bits per heavy atom. The Morgan fingerprint density at radius 1 is 1.18 bits per heavy atom. The molecule has 2 fully saturated rings. The minimum Gasteiger partial charge on any atom is -0.375 e. The van der Waals surface area contributed by atoms with Crippen LogP contribution in [0.2, 0.25) is 0 Å². The van der Waals surface area contributed by atoms with Crippen LogP contribution in [-0.2, 0) is 9.47 Å². The second-order valence-electron chi connectivity index (χ2n) is 5.61. The molecule has 2 rings (SSSR count). The summed E-state index contributed by atoms with van der Waals surface area (Å²) < 4.78 is 11.8. The monoisotopic (exact) mass is 241 g/mol. The first-order chi connectivity index (χ1) is 8.28. The van der Waals surface area contributed by atoms with Crippen molar-refractivity contribution >= 4 is 0 Å². The van der Waals surface area contributed by atoms with E-state index in [4.69, 9.17) is 9.47 Å². The van der Waals surface area contributed by atoms with Crippen LogP contribution in [0.25, 0.3) is 0 Å². The van der Waals surface area contributed by atoms with Crippen LogP contribution >= 0.6 is 0 Å². The molecule has 2 aliphatic rings. The minimum atomic E-state index is 0.252. The van der Waals surface area contributed by atoms with Crippen molar-refractivity contribution in [1.29, 1.82) is 0 Å². The Kier molecular flexibility index (Phi) is 5.26. The van der Waals surface area contributed by atoms with Gasteiger partial charge in [-0.3, -0.25) is 0 Å². The lowest BCUT2D eigenvalue weighted by Gasteiger charge is -2.32. The summed E-state index contributed by atoms with van der Waals surface area (Å²) in [5, 5.41) is 3.38. The third-order valence-corrected chi connectivity index (χ3v) is 4.12. The number of rotatable bonds is 4. The lowest BCUT2D eigenvalue weighted by Crippen LogP contribution is -2.46. The van der Waals surface area contributed by atoms with E-state index >= 15 is 0 Å². The molecule has 3 heteroatoms. The summed E-state index contributed by atoms with van der Waals surface area (Å²) in [6, 6.07) is 0. The summed E-state index contributed by atoms with van der Waals surface area (Å²) in [5.41, 5.74) is 0. The maximum atomic E-state index is 6.00. The first kappa shape index (κ1) is 13.3. The molecule has 2 unspecified atom stereocenters. The maximum absolute atomic E-state index is 6.00. The fourth-order valence-electron chi connectivity index (χ4n) is 2.92. The highest BCUT2D eigenvalue weighted by molar-refractivity contribution is 4.75. The molecule has 1 aliphatic heterocycles. The van der Waals surface area contributed by atoms with Crippen LogP contribution in [0.15, 0.2) is 0 Å². The van der Waals surface area contributed by atoms with Crippen LogP contribution in [0.4, 0.5) is 0 Å². The van der Waals surface area contributed by atoms with E-state index in [0.29, 0.717) is 12.2 Å². The van der Waals surface area contributed by atoms with Crippen molar-refractivity contribution in [3.63, 3.8) is 0 Å². The van der Waals surface area contributed by atoms with E-state index in [-0.39, 0.29) is 6.10 Å². The molecule has 1 aliphatic carbocycles. The van der Waals surface area contributed by atoms with Crippen molar-refractivity contribution in [1.82, 2.24) is 5.32 Å². The lowest BCUT2D eigenvalue weighted by molar-refractivity contribution is -0.0916. The highest BCUT2D eigenvalue weighted by Crippen LogP contribution is 2.28. The van der Waals surface area contributed by atoms with E-state index < -0.39 is 0 Å². The van der Waals surface area contributed by atoms with Crippen molar-refractivity contribution in [3.05, 3.63) is 0 Å². The molecule has 17 heavy (non-hydrogen) atoms. The summed E-state index contributed by atoms with van der Waals surface area (Å²) in [7, 11) is 0. The number of hydrogen-bond donors (Lipinski definition) is 1. The van der Waals surface area contributed by atoms with Gasteiger partial charge in [-0.2, -0.15) is 0 Å². The highest BCUT2D eigenvalue weighted by Gasteiger charge is 2.23. The molecule has 3 nitrogen and oxygen atoms in total. The van der Waals surface area contributed by atoms with E-state index in [1.165, 1.54) is 32.1 Å². The number of morpholine rings is 1. The number of nitrogens with one attached hydrogen (secondary N) is 1. The fourth-order valence-corrected chi connectivity index (χ4v) is 2.92. The van der Waals surface area contributed by atoms with Crippen LogP contribution in [0.3, 0.4) is 0 Å². The summed E-state index contributed by atoms with van der Waals surface area (Å²) in [4.78, 5) is 0. The van der Waals surface area contributed by atoms with E-state index in [9.17, 15) is 0 Å². The Labute approximate surface area is 105 Å². The average molecular weight is 241 g/mol. The molecular weight excluding hydrogens is 214 g/mol.